The fourth-order valence-corrected chi connectivity index (χ4v) is 4.27. The highest BCUT2D eigenvalue weighted by Gasteiger charge is 2.19. The fourth-order valence-electron chi connectivity index (χ4n) is 4.27. The van der Waals surface area contributed by atoms with E-state index in [1.165, 1.54) is 14.2 Å². The molecule has 10 heteroatoms. The van der Waals surface area contributed by atoms with Gasteiger partial charge in [-0.3, -0.25) is 28.5 Å². The molecule has 0 spiro atoms. The predicted molar refractivity (Wildman–Crippen MR) is 142 cm³/mol. The number of hydroxylamine groups is 2. The molecule has 0 aliphatic carbocycles. The van der Waals surface area contributed by atoms with Gasteiger partial charge in [0.1, 0.15) is 5.82 Å². The first-order valence-electron chi connectivity index (χ1n) is 12.5. The van der Waals surface area contributed by atoms with E-state index in [2.05, 4.69) is 21.6 Å². The SMILES string of the molecule is CCCCc1nc(C)c(CC(=O)N(C)OC)c(=O)n1Cc1ccc(-c2ccccc2-c2noc(=O)[nH]2)cc1. The number of aromatic amines is 1. The molecule has 0 saturated heterocycles. The number of carbonyl (C=O) groups is 1. The van der Waals surface area contributed by atoms with Crippen LogP contribution >= 0.6 is 0 Å². The smallest absolute Gasteiger partial charge is 0.296 e. The third-order valence-electron chi connectivity index (χ3n) is 6.48. The van der Waals surface area contributed by atoms with Gasteiger partial charge in [0, 0.05) is 30.3 Å². The molecule has 0 radical (unpaired) electrons. The molecule has 10 nitrogen and oxygen atoms in total. The monoisotopic (exact) mass is 517 g/mol. The van der Waals surface area contributed by atoms with Crippen molar-refractivity contribution in [1.29, 1.82) is 0 Å². The van der Waals surface area contributed by atoms with E-state index in [4.69, 9.17) is 9.82 Å². The van der Waals surface area contributed by atoms with Crippen molar-refractivity contribution in [2.24, 2.45) is 0 Å². The van der Waals surface area contributed by atoms with Gasteiger partial charge in [-0.2, -0.15) is 0 Å². The van der Waals surface area contributed by atoms with E-state index in [0.29, 0.717) is 35.9 Å². The summed E-state index contributed by atoms with van der Waals surface area (Å²) in [6.07, 6.45) is 2.45. The third-order valence-corrected chi connectivity index (χ3v) is 6.48. The molecular formula is C28H31N5O5. The van der Waals surface area contributed by atoms with Crippen LogP contribution in [0.15, 0.2) is 62.6 Å². The molecule has 2 heterocycles. The van der Waals surface area contributed by atoms with Crippen LogP contribution in [0.4, 0.5) is 0 Å². The molecule has 4 aromatic rings. The van der Waals surface area contributed by atoms with Crippen molar-refractivity contribution in [2.75, 3.05) is 14.2 Å². The number of aromatic nitrogens is 4. The number of amides is 1. The zero-order valence-electron chi connectivity index (χ0n) is 22.0. The summed E-state index contributed by atoms with van der Waals surface area (Å²) in [5, 5.41) is 4.93. The molecule has 1 N–H and O–H groups in total. The predicted octanol–water partition coefficient (Wildman–Crippen LogP) is 3.52. The number of carbonyl (C=O) groups excluding carboxylic acids is 1. The Labute approximate surface area is 219 Å². The lowest BCUT2D eigenvalue weighted by Gasteiger charge is -2.18. The Balaban J connectivity index is 1.67. The summed E-state index contributed by atoms with van der Waals surface area (Å²) in [4.78, 5) is 49.8. The molecule has 0 bridgehead atoms. The van der Waals surface area contributed by atoms with Crippen molar-refractivity contribution < 1.29 is 14.2 Å². The Morgan fingerprint density at radius 3 is 2.45 bits per heavy atom. The van der Waals surface area contributed by atoms with Crippen LogP contribution in [0.2, 0.25) is 0 Å². The van der Waals surface area contributed by atoms with Gasteiger partial charge >= 0.3 is 5.76 Å². The number of rotatable bonds is 10. The number of nitrogens with zero attached hydrogens (tertiary/aromatic N) is 4. The highest BCUT2D eigenvalue weighted by atomic mass is 16.7. The molecule has 38 heavy (non-hydrogen) atoms. The zero-order chi connectivity index (χ0) is 27.2. The first-order valence-corrected chi connectivity index (χ1v) is 12.5. The second kappa shape index (κ2) is 11.8. The van der Waals surface area contributed by atoms with Crippen molar-refractivity contribution in [2.45, 2.75) is 46.1 Å². The largest absolute Gasteiger partial charge is 0.439 e. The number of H-pyrrole nitrogens is 1. The third kappa shape index (κ3) is 5.81. The van der Waals surface area contributed by atoms with Crippen LogP contribution in [0, 0.1) is 6.92 Å². The lowest BCUT2D eigenvalue weighted by atomic mass is 9.98. The minimum atomic E-state index is -0.615. The summed E-state index contributed by atoms with van der Waals surface area (Å²) in [5.74, 6) is 0.124. The quantitative estimate of drug-likeness (QED) is 0.319. The van der Waals surface area contributed by atoms with Gasteiger partial charge in [-0.25, -0.2) is 14.8 Å². The second-order valence-electron chi connectivity index (χ2n) is 9.02. The van der Waals surface area contributed by atoms with Crippen molar-refractivity contribution >= 4 is 5.91 Å². The summed E-state index contributed by atoms with van der Waals surface area (Å²) >= 11 is 0. The standard InChI is InChI=1S/C28H31N5O5/c1-5-6-11-24-29-18(2)23(16-25(34)32(3)37-4)27(35)33(24)17-19-12-14-20(15-13-19)21-9-7-8-10-22(21)26-30-28(36)38-31-26/h7-10,12-15H,5-6,11,16-17H2,1-4H3,(H,30,31,36). The van der Waals surface area contributed by atoms with Gasteiger partial charge in [0.25, 0.3) is 11.5 Å². The molecule has 4 rings (SSSR count). The van der Waals surface area contributed by atoms with Gasteiger partial charge in [-0.1, -0.05) is 67.0 Å². The van der Waals surface area contributed by atoms with Gasteiger partial charge < -0.3 is 0 Å². The molecule has 1 amide bonds. The van der Waals surface area contributed by atoms with E-state index in [1.807, 2.05) is 48.5 Å². The summed E-state index contributed by atoms with van der Waals surface area (Å²) < 4.78 is 6.34. The van der Waals surface area contributed by atoms with Crippen LogP contribution < -0.4 is 11.3 Å². The Kier molecular flexibility index (Phi) is 8.32. The summed E-state index contributed by atoms with van der Waals surface area (Å²) in [7, 11) is 2.92. The molecule has 2 aromatic heterocycles. The molecule has 0 fully saturated rings. The average Bonchev–Trinajstić information content (AvgIpc) is 3.37. The molecular weight excluding hydrogens is 486 g/mol. The van der Waals surface area contributed by atoms with Crippen molar-refractivity contribution in [1.82, 2.24) is 24.8 Å². The lowest BCUT2D eigenvalue weighted by Crippen LogP contribution is -2.34. The Morgan fingerprint density at radius 2 is 1.82 bits per heavy atom. The van der Waals surface area contributed by atoms with Gasteiger partial charge in [-0.15, -0.1) is 0 Å². The summed E-state index contributed by atoms with van der Waals surface area (Å²) in [6, 6.07) is 15.4. The topological polar surface area (TPSA) is 123 Å². The molecule has 2 aromatic carbocycles. The minimum absolute atomic E-state index is 0.0874. The number of aryl methyl sites for hydroxylation is 2. The van der Waals surface area contributed by atoms with Crippen molar-refractivity contribution in [3.63, 3.8) is 0 Å². The average molecular weight is 518 g/mol. The maximum Gasteiger partial charge on any atom is 0.439 e. The van der Waals surface area contributed by atoms with E-state index in [1.54, 1.807) is 11.5 Å². The second-order valence-corrected chi connectivity index (χ2v) is 9.02. The summed E-state index contributed by atoms with van der Waals surface area (Å²) in [6.45, 7) is 4.18. The number of hydrogen-bond acceptors (Lipinski definition) is 7. The number of nitrogens with one attached hydrogen (secondary N) is 1. The van der Waals surface area contributed by atoms with E-state index < -0.39 is 5.76 Å². The first-order chi connectivity index (χ1) is 18.3. The fraction of sp³-hybridized carbons (Fsp3) is 0.321. The van der Waals surface area contributed by atoms with Crippen LogP contribution in [0.3, 0.4) is 0 Å². The van der Waals surface area contributed by atoms with Gasteiger partial charge in [0.15, 0.2) is 5.82 Å². The zero-order valence-corrected chi connectivity index (χ0v) is 22.0. The molecule has 0 atom stereocenters. The Bertz CT molecular complexity index is 1530. The highest BCUT2D eigenvalue weighted by Crippen LogP contribution is 2.30. The first kappa shape index (κ1) is 26.7. The highest BCUT2D eigenvalue weighted by molar-refractivity contribution is 5.80. The van der Waals surface area contributed by atoms with E-state index in [-0.39, 0.29) is 17.9 Å². The van der Waals surface area contributed by atoms with Gasteiger partial charge in [0.05, 0.1) is 20.1 Å². The number of benzene rings is 2. The molecule has 0 unspecified atom stereocenters. The minimum Gasteiger partial charge on any atom is -0.296 e. The molecule has 198 valence electrons. The van der Waals surface area contributed by atoms with Gasteiger partial charge in [-0.05, 0) is 30.0 Å². The van der Waals surface area contributed by atoms with Crippen LogP contribution in [-0.2, 0) is 29.0 Å². The van der Waals surface area contributed by atoms with Crippen LogP contribution in [0.5, 0.6) is 0 Å². The number of unbranched alkanes of at least 4 members (excludes halogenated alkanes) is 1. The van der Waals surface area contributed by atoms with Crippen molar-refractivity contribution in [3.8, 4) is 22.5 Å². The molecule has 0 saturated carbocycles. The Morgan fingerprint density at radius 1 is 1.11 bits per heavy atom. The van der Waals surface area contributed by atoms with Crippen LogP contribution in [0.25, 0.3) is 22.5 Å². The van der Waals surface area contributed by atoms with E-state index in [0.717, 1.165) is 40.2 Å². The molecule has 0 aliphatic rings. The normalized spacial score (nSPS) is 11.1. The maximum atomic E-state index is 13.6. The van der Waals surface area contributed by atoms with Gasteiger partial charge in [0.2, 0.25) is 0 Å². The maximum absolute atomic E-state index is 13.6. The van der Waals surface area contributed by atoms with E-state index >= 15 is 0 Å². The van der Waals surface area contributed by atoms with Crippen molar-refractivity contribution in [3.05, 3.63) is 92.1 Å². The van der Waals surface area contributed by atoms with Crippen LogP contribution in [-0.4, -0.2) is 44.8 Å². The van der Waals surface area contributed by atoms with Crippen LogP contribution in [0.1, 0.15) is 42.4 Å². The number of likely N-dealkylation sites (N-methyl/N-ethyl adjacent to an activating group) is 1. The lowest BCUT2D eigenvalue weighted by molar-refractivity contribution is -0.167. The molecule has 0 aliphatic heterocycles. The summed E-state index contributed by atoms with van der Waals surface area (Å²) in [5.41, 5.74) is 4.16. The number of hydrogen-bond donors (Lipinski definition) is 1. The van der Waals surface area contributed by atoms with E-state index in [9.17, 15) is 14.4 Å². The Hall–Kier alpha value is -4.31.